The molecule has 0 bridgehead atoms. The Labute approximate surface area is 151 Å². The third-order valence-electron chi connectivity index (χ3n) is 4.17. The first-order valence-corrected chi connectivity index (χ1v) is 9.41. The number of aliphatic hydroxyl groups is 1. The number of aromatic nitrogens is 1. The Balaban J connectivity index is 1.62. The van der Waals surface area contributed by atoms with Crippen molar-refractivity contribution in [2.45, 2.75) is 20.0 Å². The lowest BCUT2D eigenvalue weighted by atomic mass is 10.2. The zero-order valence-corrected chi connectivity index (χ0v) is 15.2. The van der Waals surface area contributed by atoms with Gasteiger partial charge in [-0.3, -0.25) is 4.79 Å². The van der Waals surface area contributed by atoms with Gasteiger partial charge >= 0.3 is 0 Å². The van der Waals surface area contributed by atoms with Gasteiger partial charge in [0.1, 0.15) is 5.75 Å². The van der Waals surface area contributed by atoms with Gasteiger partial charge in [0.15, 0.2) is 5.13 Å². The quantitative estimate of drug-likeness (QED) is 0.886. The van der Waals surface area contributed by atoms with Gasteiger partial charge in [-0.25, -0.2) is 4.98 Å². The minimum atomic E-state index is -0.0350. The minimum absolute atomic E-state index is 0.0350. The Hall–Kier alpha value is -2.12. The fourth-order valence-electron chi connectivity index (χ4n) is 2.87. The molecule has 0 saturated carbocycles. The number of aliphatic hydroxyl groups excluding tert-OH is 1. The third kappa shape index (κ3) is 4.29. The van der Waals surface area contributed by atoms with Gasteiger partial charge in [-0.05, 0) is 37.6 Å². The second-order valence-electron chi connectivity index (χ2n) is 5.87. The van der Waals surface area contributed by atoms with Crippen LogP contribution in [0.25, 0.3) is 0 Å². The smallest absolute Gasteiger partial charge is 0.253 e. The fraction of sp³-hybridized carbons (Fsp3) is 0.444. The monoisotopic (exact) mass is 361 g/mol. The number of nitrogens with zero attached hydrogens (tertiary/aromatic N) is 3. The van der Waals surface area contributed by atoms with Crippen molar-refractivity contribution in [1.82, 2.24) is 9.88 Å². The van der Waals surface area contributed by atoms with Crippen molar-refractivity contribution in [2.24, 2.45) is 0 Å². The Morgan fingerprint density at radius 3 is 2.72 bits per heavy atom. The molecule has 1 aliphatic heterocycles. The van der Waals surface area contributed by atoms with Crippen molar-refractivity contribution < 1.29 is 14.6 Å². The molecule has 1 N–H and O–H groups in total. The van der Waals surface area contributed by atoms with E-state index in [9.17, 15) is 4.79 Å². The molecule has 1 fully saturated rings. The highest BCUT2D eigenvalue weighted by atomic mass is 32.1. The SMILES string of the molecule is CCOc1ccc(C(=O)N2CCCN(c3nc(CO)cs3)CC2)cc1. The highest BCUT2D eigenvalue weighted by molar-refractivity contribution is 7.13. The normalized spacial score (nSPS) is 15.1. The average molecular weight is 361 g/mol. The van der Waals surface area contributed by atoms with E-state index in [4.69, 9.17) is 9.84 Å². The van der Waals surface area contributed by atoms with Crippen molar-refractivity contribution >= 4 is 22.4 Å². The largest absolute Gasteiger partial charge is 0.494 e. The minimum Gasteiger partial charge on any atom is -0.494 e. The van der Waals surface area contributed by atoms with Gasteiger partial charge in [-0.2, -0.15) is 0 Å². The van der Waals surface area contributed by atoms with E-state index in [1.807, 2.05) is 41.5 Å². The summed E-state index contributed by atoms with van der Waals surface area (Å²) in [4.78, 5) is 21.3. The first-order chi connectivity index (χ1) is 12.2. The lowest BCUT2D eigenvalue weighted by Crippen LogP contribution is -2.35. The van der Waals surface area contributed by atoms with Crippen molar-refractivity contribution in [3.63, 3.8) is 0 Å². The standard InChI is InChI=1S/C18H23N3O3S/c1-2-24-16-6-4-14(5-7-16)17(23)20-8-3-9-21(11-10-20)18-19-15(12-22)13-25-18/h4-7,13,22H,2-3,8-12H2,1H3. The molecule has 7 heteroatoms. The molecule has 1 saturated heterocycles. The van der Waals surface area contributed by atoms with Crippen LogP contribution < -0.4 is 9.64 Å². The van der Waals surface area contributed by atoms with Gasteiger partial charge in [-0.1, -0.05) is 0 Å². The molecule has 0 spiro atoms. The Morgan fingerprint density at radius 2 is 2.04 bits per heavy atom. The van der Waals surface area contributed by atoms with E-state index >= 15 is 0 Å². The molecule has 6 nitrogen and oxygen atoms in total. The highest BCUT2D eigenvalue weighted by Gasteiger charge is 2.21. The maximum absolute atomic E-state index is 12.7. The molecule has 1 aromatic carbocycles. The number of hydrogen-bond donors (Lipinski definition) is 1. The number of thiazole rings is 1. The van der Waals surface area contributed by atoms with Crippen LogP contribution in [0.1, 0.15) is 29.4 Å². The molecule has 134 valence electrons. The maximum atomic E-state index is 12.7. The zero-order valence-electron chi connectivity index (χ0n) is 14.4. The number of amides is 1. The topological polar surface area (TPSA) is 65.9 Å². The van der Waals surface area contributed by atoms with Crippen LogP contribution in [-0.4, -0.2) is 53.7 Å². The van der Waals surface area contributed by atoms with Gasteiger partial charge in [0, 0.05) is 37.1 Å². The second kappa shape index (κ2) is 8.31. The molecular weight excluding hydrogens is 338 g/mol. The van der Waals surface area contributed by atoms with Gasteiger partial charge in [0.2, 0.25) is 0 Å². The van der Waals surface area contributed by atoms with E-state index in [0.717, 1.165) is 36.9 Å². The molecule has 3 rings (SSSR count). The van der Waals surface area contributed by atoms with E-state index in [2.05, 4.69) is 9.88 Å². The van der Waals surface area contributed by atoms with Crippen LogP contribution in [0, 0.1) is 0 Å². The molecular formula is C18H23N3O3S. The van der Waals surface area contributed by atoms with E-state index in [1.165, 1.54) is 11.3 Å². The zero-order chi connectivity index (χ0) is 17.6. The number of rotatable bonds is 5. The molecule has 1 aliphatic rings. The number of ether oxygens (including phenoxy) is 1. The molecule has 0 atom stereocenters. The first kappa shape index (κ1) is 17.7. The van der Waals surface area contributed by atoms with E-state index in [-0.39, 0.29) is 12.5 Å². The van der Waals surface area contributed by atoms with Crippen LogP contribution in [0.3, 0.4) is 0 Å². The third-order valence-corrected chi connectivity index (χ3v) is 5.12. The lowest BCUT2D eigenvalue weighted by molar-refractivity contribution is 0.0767. The van der Waals surface area contributed by atoms with Crippen LogP contribution in [0.15, 0.2) is 29.6 Å². The summed E-state index contributed by atoms with van der Waals surface area (Å²) in [6, 6.07) is 7.33. The van der Waals surface area contributed by atoms with E-state index < -0.39 is 0 Å². The molecule has 25 heavy (non-hydrogen) atoms. The van der Waals surface area contributed by atoms with Gasteiger partial charge in [0.05, 0.1) is 18.9 Å². The van der Waals surface area contributed by atoms with Crippen LogP contribution in [0.4, 0.5) is 5.13 Å². The number of anilines is 1. The van der Waals surface area contributed by atoms with Gasteiger partial charge < -0.3 is 19.6 Å². The van der Waals surface area contributed by atoms with E-state index in [0.29, 0.717) is 24.4 Å². The summed E-state index contributed by atoms with van der Waals surface area (Å²) in [5.74, 6) is 0.838. The summed E-state index contributed by atoms with van der Waals surface area (Å²) in [6.45, 7) is 5.54. The molecule has 1 amide bonds. The summed E-state index contributed by atoms with van der Waals surface area (Å²) in [6.07, 6.45) is 0.900. The second-order valence-corrected chi connectivity index (χ2v) is 6.71. The molecule has 0 radical (unpaired) electrons. The molecule has 1 aromatic heterocycles. The summed E-state index contributed by atoms with van der Waals surface area (Å²) >= 11 is 1.54. The van der Waals surface area contributed by atoms with Crippen molar-refractivity contribution in [2.75, 3.05) is 37.7 Å². The number of benzene rings is 1. The Morgan fingerprint density at radius 1 is 1.24 bits per heavy atom. The van der Waals surface area contributed by atoms with Crippen molar-refractivity contribution in [3.8, 4) is 5.75 Å². The summed E-state index contributed by atoms with van der Waals surface area (Å²) in [5, 5.41) is 12.0. The number of carbonyl (C=O) groups excluding carboxylic acids is 1. The summed E-state index contributed by atoms with van der Waals surface area (Å²) in [7, 11) is 0. The molecule has 0 unspecified atom stereocenters. The fourth-order valence-corrected chi connectivity index (χ4v) is 3.74. The Kier molecular flexibility index (Phi) is 5.88. The average Bonchev–Trinajstić information content (AvgIpc) is 2.99. The van der Waals surface area contributed by atoms with Crippen molar-refractivity contribution in [1.29, 1.82) is 0 Å². The molecule has 0 aliphatic carbocycles. The van der Waals surface area contributed by atoms with E-state index in [1.54, 1.807) is 0 Å². The maximum Gasteiger partial charge on any atom is 0.253 e. The summed E-state index contributed by atoms with van der Waals surface area (Å²) < 4.78 is 5.43. The van der Waals surface area contributed by atoms with Crippen LogP contribution >= 0.6 is 11.3 Å². The van der Waals surface area contributed by atoms with Crippen LogP contribution in [0.5, 0.6) is 5.75 Å². The number of hydrogen-bond acceptors (Lipinski definition) is 6. The molecule has 2 aromatic rings. The number of carbonyl (C=O) groups is 1. The lowest BCUT2D eigenvalue weighted by Gasteiger charge is -2.22. The summed E-state index contributed by atoms with van der Waals surface area (Å²) in [5.41, 5.74) is 1.39. The van der Waals surface area contributed by atoms with Crippen LogP contribution in [-0.2, 0) is 6.61 Å². The molecule has 2 heterocycles. The van der Waals surface area contributed by atoms with Crippen LogP contribution in [0.2, 0.25) is 0 Å². The first-order valence-electron chi connectivity index (χ1n) is 8.53. The van der Waals surface area contributed by atoms with Crippen molar-refractivity contribution in [3.05, 3.63) is 40.9 Å². The highest BCUT2D eigenvalue weighted by Crippen LogP contribution is 2.22. The van der Waals surface area contributed by atoms with Gasteiger partial charge in [-0.15, -0.1) is 11.3 Å². The van der Waals surface area contributed by atoms with Gasteiger partial charge in [0.25, 0.3) is 5.91 Å². The predicted molar refractivity (Wildman–Crippen MR) is 98.4 cm³/mol. The Bertz CT molecular complexity index is 702. The predicted octanol–water partition coefficient (Wildman–Crippen LogP) is 2.39.